The fraction of sp³-hybridized carbons (Fsp3) is 0.952. The third-order valence-corrected chi connectivity index (χ3v) is 5.09. The van der Waals surface area contributed by atoms with Gasteiger partial charge in [0.1, 0.15) is 0 Å². The number of unbranched alkanes of at least 4 members (excludes halogenated alkanes) is 3. The molecule has 3 N–H and O–H groups in total. The lowest BCUT2D eigenvalue weighted by atomic mass is 10.1. The molecule has 1 unspecified atom stereocenters. The average Bonchev–Trinajstić information content (AvgIpc) is 2.65. The number of carbonyl (C=O) groups is 1. The minimum absolute atomic E-state index is 0.0703. The first kappa shape index (κ1) is 28.9. The molecule has 0 spiro atoms. The summed E-state index contributed by atoms with van der Waals surface area (Å²) in [5.74, 6) is 1.06. The summed E-state index contributed by atoms with van der Waals surface area (Å²) in [7, 11) is 0. The second-order valence-electron chi connectivity index (χ2n) is 7.08. The molecule has 1 amide bonds. The number of hydrogen-bond acceptors (Lipinski definition) is 5. The highest BCUT2D eigenvalue weighted by Crippen LogP contribution is 2.16. The van der Waals surface area contributed by atoms with E-state index in [1.54, 1.807) is 0 Å². The number of ether oxygens (including phenoxy) is 2. The number of rotatable bonds is 17. The quantitative estimate of drug-likeness (QED) is 0.351. The van der Waals surface area contributed by atoms with Gasteiger partial charge in [0.2, 0.25) is 5.91 Å². The van der Waals surface area contributed by atoms with E-state index in [-0.39, 0.29) is 11.5 Å². The molecular weight excluding hydrogens is 360 g/mol. The molecule has 0 saturated heterocycles. The van der Waals surface area contributed by atoms with Crippen LogP contribution in [0.25, 0.3) is 0 Å². The van der Waals surface area contributed by atoms with Gasteiger partial charge in [0.15, 0.2) is 0 Å². The van der Waals surface area contributed by atoms with Gasteiger partial charge in [0.05, 0.1) is 18.8 Å². The van der Waals surface area contributed by atoms with Gasteiger partial charge in [-0.05, 0) is 26.7 Å². The van der Waals surface area contributed by atoms with Crippen LogP contribution in [0.4, 0.5) is 0 Å². The van der Waals surface area contributed by atoms with E-state index < -0.39 is 0 Å². The van der Waals surface area contributed by atoms with Crippen molar-refractivity contribution < 1.29 is 14.3 Å². The maximum atomic E-state index is 11.7. The molecular formula is C21H46N2O3S. The van der Waals surface area contributed by atoms with Crippen LogP contribution in [0.5, 0.6) is 0 Å². The van der Waals surface area contributed by atoms with E-state index in [4.69, 9.17) is 15.2 Å². The molecule has 0 bridgehead atoms. The Morgan fingerprint density at radius 2 is 1.89 bits per heavy atom. The Labute approximate surface area is 172 Å². The largest absolute Gasteiger partial charge is 0.378 e. The lowest BCUT2D eigenvalue weighted by Crippen LogP contribution is -2.32. The molecule has 0 aromatic carbocycles. The molecule has 0 aromatic heterocycles. The van der Waals surface area contributed by atoms with E-state index in [0.717, 1.165) is 31.7 Å². The second-order valence-corrected chi connectivity index (χ2v) is 8.63. The molecule has 5 nitrogen and oxygen atoms in total. The molecule has 0 aromatic rings. The Morgan fingerprint density at radius 3 is 2.52 bits per heavy atom. The van der Waals surface area contributed by atoms with Crippen molar-refractivity contribution in [2.75, 3.05) is 38.7 Å². The van der Waals surface area contributed by atoms with Crippen LogP contribution in [0.15, 0.2) is 0 Å². The first-order valence-corrected chi connectivity index (χ1v) is 11.8. The first-order chi connectivity index (χ1) is 12.9. The number of hydrogen-bond donors (Lipinski definition) is 2. The van der Waals surface area contributed by atoms with Gasteiger partial charge < -0.3 is 20.5 Å². The predicted molar refractivity (Wildman–Crippen MR) is 120 cm³/mol. The van der Waals surface area contributed by atoms with Gasteiger partial charge in [-0.1, -0.05) is 47.0 Å². The molecule has 0 saturated carbocycles. The van der Waals surface area contributed by atoms with Crippen LogP contribution in [-0.4, -0.2) is 55.4 Å². The smallest absolute Gasteiger partial charge is 0.222 e. The monoisotopic (exact) mass is 406 g/mol. The molecule has 164 valence electrons. The summed E-state index contributed by atoms with van der Waals surface area (Å²) in [5.41, 5.74) is 5.19. The normalized spacial score (nSPS) is 12.3. The lowest BCUT2D eigenvalue weighted by molar-refractivity contribution is -0.123. The zero-order chi connectivity index (χ0) is 21.0. The Hall–Kier alpha value is -0.300. The van der Waals surface area contributed by atoms with Crippen LogP contribution in [0.2, 0.25) is 0 Å². The fourth-order valence-corrected chi connectivity index (χ4v) is 3.05. The van der Waals surface area contributed by atoms with Crippen molar-refractivity contribution in [3.05, 3.63) is 0 Å². The maximum absolute atomic E-state index is 11.7. The zero-order valence-corrected chi connectivity index (χ0v) is 19.6. The van der Waals surface area contributed by atoms with Gasteiger partial charge in [-0.2, -0.15) is 11.8 Å². The third kappa shape index (κ3) is 21.9. The Morgan fingerprint density at radius 1 is 1.19 bits per heavy atom. The maximum Gasteiger partial charge on any atom is 0.222 e. The molecule has 0 rings (SSSR count). The minimum atomic E-state index is -0.325. The van der Waals surface area contributed by atoms with Crippen LogP contribution < -0.4 is 11.1 Å². The number of carbonyl (C=O) groups excluding carboxylic acids is 1. The highest BCUT2D eigenvalue weighted by atomic mass is 32.2. The van der Waals surface area contributed by atoms with Gasteiger partial charge in [-0.15, -0.1) is 0 Å². The summed E-state index contributed by atoms with van der Waals surface area (Å²) in [6, 6.07) is 0. The van der Waals surface area contributed by atoms with Crippen molar-refractivity contribution in [3.63, 3.8) is 0 Å². The average molecular weight is 407 g/mol. The van der Waals surface area contributed by atoms with Crippen molar-refractivity contribution >= 4 is 17.7 Å². The van der Waals surface area contributed by atoms with E-state index in [1.165, 1.54) is 19.3 Å². The second kappa shape index (κ2) is 20.4. The fourth-order valence-electron chi connectivity index (χ4n) is 2.25. The van der Waals surface area contributed by atoms with Crippen LogP contribution in [0, 0.1) is 0 Å². The number of nitrogens with two attached hydrogens (primary N) is 1. The van der Waals surface area contributed by atoms with Crippen LogP contribution >= 0.6 is 11.8 Å². The Bertz CT molecular complexity index is 329. The molecule has 0 aliphatic heterocycles. The van der Waals surface area contributed by atoms with Crippen LogP contribution in [0.1, 0.15) is 80.1 Å². The summed E-state index contributed by atoms with van der Waals surface area (Å²) >= 11 is 1.88. The van der Waals surface area contributed by atoms with Gasteiger partial charge in [0.25, 0.3) is 0 Å². The molecule has 6 heteroatoms. The van der Waals surface area contributed by atoms with Gasteiger partial charge in [-0.25, -0.2) is 0 Å². The molecule has 0 aliphatic rings. The van der Waals surface area contributed by atoms with E-state index in [0.29, 0.717) is 31.5 Å². The number of amides is 1. The number of thioether (sulfide) groups is 1. The van der Waals surface area contributed by atoms with Crippen LogP contribution in [0.3, 0.4) is 0 Å². The van der Waals surface area contributed by atoms with E-state index in [9.17, 15) is 4.79 Å². The molecule has 27 heavy (non-hydrogen) atoms. The first-order valence-electron chi connectivity index (χ1n) is 10.7. The Balaban J connectivity index is 0. The van der Waals surface area contributed by atoms with E-state index in [1.807, 2.05) is 39.5 Å². The summed E-state index contributed by atoms with van der Waals surface area (Å²) in [6.07, 6.45) is 6.11. The Kier molecular flexibility index (Phi) is 21.9. The number of nitrogens with one attached hydrogen (secondary N) is 1. The topological polar surface area (TPSA) is 73.6 Å². The molecule has 0 fully saturated rings. The highest BCUT2D eigenvalue weighted by Gasteiger charge is 2.19. The summed E-state index contributed by atoms with van der Waals surface area (Å²) in [4.78, 5) is 11.7. The zero-order valence-electron chi connectivity index (χ0n) is 18.8. The van der Waals surface area contributed by atoms with Crippen molar-refractivity contribution in [2.24, 2.45) is 5.73 Å². The lowest BCUT2D eigenvalue weighted by Gasteiger charge is -2.26. The van der Waals surface area contributed by atoms with Gasteiger partial charge in [-0.3, -0.25) is 4.79 Å². The van der Waals surface area contributed by atoms with Crippen LogP contribution in [-0.2, 0) is 14.3 Å². The van der Waals surface area contributed by atoms with Crippen molar-refractivity contribution in [3.8, 4) is 0 Å². The van der Waals surface area contributed by atoms with Crippen molar-refractivity contribution in [2.45, 2.75) is 90.9 Å². The van der Waals surface area contributed by atoms with E-state index >= 15 is 0 Å². The molecule has 0 aliphatic carbocycles. The van der Waals surface area contributed by atoms with Gasteiger partial charge in [0, 0.05) is 37.1 Å². The molecule has 1 atom stereocenters. The minimum Gasteiger partial charge on any atom is -0.378 e. The van der Waals surface area contributed by atoms with Crippen molar-refractivity contribution in [1.82, 2.24) is 5.32 Å². The van der Waals surface area contributed by atoms with E-state index in [2.05, 4.69) is 19.2 Å². The summed E-state index contributed by atoms with van der Waals surface area (Å²) < 4.78 is 11.5. The third-order valence-electron chi connectivity index (χ3n) is 3.81. The predicted octanol–water partition coefficient (Wildman–Crippen LogP) is 4.38. The van der Waals surface area contributed by atoms with Gasteiger partial charge >= 0.3 is 0 Å². The highest BCUT2D eigenvalue weighted by molar-refractivity contribution is 7.99. The summed E-state index contributed by atoms with van der Waals surface area (Å²) in [6.45, 7) is 15.6. The SMILES string of the molecule is CC.CCCCCCNC(=O)CCOCC(C)(C)OCCC(C)SCCN. The van der Waals surface area contributed by atoms with Crippen molar-refractivity contribution in [1.29, 1.82) is 0 Å². The molecule has 0 radical (unpaired) electrons. The summed E-state index contributed by atoms with van der Waals surface area (Å²) in [5, 5.41) is 3.50. The molecule has 0 heterocycles. The standard InChI is InChI=1S/C19H40N2O3S.C2H6/c1-5-6-7-8-12-21-18(22)10-13-23-16-19(3,4)24-14-9-17(2)25-15-11-20;1-2/h17H,5-16,20H2,1-4H3,(H,21,22);1-2H3.